The fourth-order valence-corrected chi connectivity index (χ4v) is 3.63. The van der Waals surface area contributed by atoms with Gasteiger partial charge in [-0.05, 0) is 29.9 Å². The molecule has 0 bridgehead atoms. The first-order chi connectivity index (χ1) is 14.3. The number of nitro groups is 1. The van der Waals surface area contributed by atoms with Gasteiger partial charge in [-0.2, -0.15) is 0 Å². The molecule has 30 heavy (non-hydrogen) atoms. The van der Waals surface area contributed by atoms with Crippen LogP contribution in [0, 0.1) is 16.0 Å². The second kappa shape index (κ2) is 9.73. The quantitative estimate of drug-likeness (QED) is 0.349. The van der Waals surface area contributed by atoms with Crippen LogP contribution in [0.2, 0.25) is 4.34 Å². The standard InChI is InChI=1S/C20H21ClN4O4S/c1-13(2)6-7-15-9-18(29-20(26)23-19-22-10-17(21)30-19)24(12-15)11-14-4-3-5-16(8-14)25(27)28/h3-5,8-10,12-13H,6-7,11H2,1-2H3,(H,22,23,26). The van der Waals surface area contributed by atoms with E-state index in [1.165, 1.54) is 18.3 Å². The van der Waals surface area contributed by atoms with Gasteiger partial charge in [-0.1, -0.05) is 48.9 Å². The van der Waals surface area contributed by atoms with Gasteiger partial charge in [0.1, 0.15) is 4.34 Å². The number of nitrogens with one attached hydrogen (secondary N) is 1. The third-order valence-electron chi connectivity index (χ3n) is 4.28. The topological polar surface area (TPSA) is 99.3 Å². The first kappa shape index (κ1) is 21.8. The lowest BCUT2D eigenvalue weighted by atomic mass is 10.1. The molecule has 2 heterocycles. The van der Waals surface area contributed by atoms with Gasteiger partial charge in [0.05, 0.1) is 17.7 Å². The minimum Gasteiger partial charge on any atom is -0.393 e. The van der Waals surface area contributed by atoms with Crippen LogP contribution >= 0.6 is 22.9 Å². The average Bonchev–Trinajstić information content (AvgIpc) is 3.26. The van der Waals surface area contributed by atoms with Crippen molar-refractivity contribution in [2.45, 2.75) is 33.2 Å². The molecule has 0 aliphatic heterocycles. The summed E-state index contributed by atoms with van der Waals surface area (Å²) >= 11 is 6.96. The summed E-state index contributed by atoms with van der Waals surface area (Å²) < 4.78 is 7.72. The van der Waals surface area contributed by atoms with Crippen LogP contribution in [0.15, 0.2) is 42.7 Å². The second-order valence-electron chi connectivity index (χ2n) is 7.16. The maximum absolute atomic E-state index is 12.3. The normalized spacial score (nSPS) is 10.9. The van der Waals surface area contributed by atoms with Gasteiger partial charge in [-0.3, -0.25) is 15.4 Å². The summed E-state index contributed by atoms with van der Waals surface area (Å²) in [4.78, 5) is 26.9. The van der Waals surface area contributed by atoms with Crippen molar-refractivity contribution < 1.29 is 14.5 Å². The molecule has 0 saturated heterocycles. The maximum Gasteiger partial charge on any atom is 0.420 e. The van der Waals surface area contributed by atoms with Crippen LogP contribution in [0.25, 0.3) is 0 Å². The Kier molecular flexibility index (Phi) is 7.07. The number of non-ortho nitro benzene ring substituents is 1. The van der Waals surface area contributed by atoms with Gasteiger partial charge in [0.15, 0.2) is 5.13 Å². The Hall–Kier alpha value is -2.91. The fourth-order valence-electron chi connectivity index (χ4n) is 2.83. The van der Waals surface area contributed by atoms with Crippen LogP contribution in [-0.2, 0) is 13.0 Å². The third-order valence-corrected chi connectivity index (χ3v) is 5.31. The summed E-state index contributed by atoms with van der Waals surface area (Å²) in [7, 11) is 0. The first-order valence-electron chi connectivity index (χ1n) is 9.32. The molecule has 10 heteroatoms. The number of aromatic nitrogens is 2. The van der Waals surface area contributed by atoms with Crippen molar-refractivity contribution in [1.29, 1.82) is 0 Å². The zero-order valence-electron chi connectivity index (χ0n) is 16.5. The lowest BCUT2D eigenvalue weighted by molar-refractivity contribution is -0.384. The van der Waals surface area contributed by atoms with E-state index in [9.17, 15) is 14.9 Å². The lowest BCUT2D eigenvalue weighted by Gasteiger charge is -2.09. The van der Waals surface area contributed by atoms with E-state index < -0.39 is 11.0 Å². The number of rotatable bonds is 8. The number of aryl methyl sites for hydroxylation is 1. The molecule has 1 amide bonds. The highest BCUT2D eigenvalue weighted by Crippen LogP contribution is 2.25. The van der Waals surface area contributed by atoms with Crippen molar-refractivity contribution in [3.8, 4) is 5.88 Å². The molecule has 1 N–H and O–H groups in total. The van der Waals surface area contributed by atoms with Crippen molar-refractivity contribution in [2.24, 2.45) is 5.92 Å². The number of halogens is 1. The monoisotopic (exact) mass is 448 g/mol. The Morgan fingerprint density at radius 3 is 2.83 bits per heavy atom. The fraction of sp³-hybridized carbons (Fsp3) is 0.300. The molecule has 158 valence electrons. The Labute approximate surface area is 182 Å². The van der Waals surface area contributed by atoms with Gasteiger partial charge in [0, 0.05) is 24.4 Å². The summed E-state index contributed by atoms with van der Waals surface area (Å²) in [6.07, 6.45) is 4.49. The molecule has 0 saturated carbocycles. The van der Waals surface area contributed by atoms with Crippen molar-refractivity contribution >= 4 is 39.8 Å². The summed E-state index contributed by atoms with van der Waals surface area (Å²) in [6, 6.07) is 8.19. The molecule has 1 aromatic carbocycles. The van der Waals surface area contributed by atoms with Crippen molar-refractivity contribution in [3.63, 3.8) is 0 Å². The third kappa shape index (κ3) is 6.04. The number of carbonyl (C=O) groups excluding carboxylic acids is 1. The van der Waals surface area contributed by atoms with Gasteiger partial charge in [-0.15, -0.1) is 0 Å². The predicted octanol–water partition coefficient (Wildman–Crippen LogP) is 5.75. The van der Waals surface area contributed by atoms with Crippen LogP contribution < -0.4 is 10.1 Å². The molecule has 0 spiro atoms. The average molecular weight is 449 g/mol. The maximum atomic E-state index is 12.3. The Balaban J connectivity index is 1.80. The second-order valence-corrected chi connectivity index (χ2v) is 8.82. The summed E-state index contributed by atoms with van der Waals surface area (Å²) in [5.41, 5.74) is 1.77. The van der Waals surface area contributed by atoms with Crippen LogP contribution in [0.4, 0.5) is 15.6 Å². The molecule has 2 aromatic heterocycles. The number of ether oxygens (including phenoxy) is 1. The smallest absolute Gasteiger partial charge is 0.393 e. The predicted molar refractivity (Wildman–Crippen MR) is 117 cm³/mol. The van der Waals surface area contributed by atoms with Gasteiger partial charge in [0.25, 0.3) is 5.69 Å². The number of amides is 1. The van der Waals surface area contributed by atoms with E-state index in [1.54, 1.807) is 16.7 Å². The Bertz CT molecular complexity index is 1050. The van der Waals surface area contributed by atoms with Gasteiger partial charge >= 0.3 is 6.09 Å². The van der Waals surface area contributed by atoms with E-state index in [0.29, 0.717) is 27.8 Å². The van der Waals surface area contributed by atoms with E-state index in [1.807, 2.05) is 12.3 Å². The highest BCUT2D eigenvalue weighted by molar-refractivity contribution is 7.19. The van der Waals surface area contributed by atoms with Crippen LogP contribution in [0.5, 0.6) is 5.88 Å². The number of nitro benzene ring substituents is 1. The van der Waals surface area contributed by atoms with Crippen LogP contribution in [0.3, 0.4) is 0 Å². The van der Waals surface area contributed by atoms with Crippen molar-refractivity contribution in [3.05, 3.63) is 68.3 Å². The SMILES string of the molecule is CC(C)CCc1cc(OC(=O)Nc2ncc(Cl)s2)n(Cc2cccc([N+](=O)[O-])c2)c1. The number of hydrogen-bond donors (Lipinski definition) is 1. The van der Waals surface area contributed by atoms with Gasteiger partial charge < -0.3 is 9.30 Å². The highest BCUT2D eigenvalue weighted by atomic mass is 35.5. The molecular weight excluding hydrogens is 428 g/mol. The number of nitrogens with zero attached hydrogens (tertiary/aromatic N) is 3. The molecule has 0 aliphatic carbocycles. The van der Waals surface area contributed by atoms with E-state index in [4.69, 9.17) is 16.3 Å². The molecular formula is C20H21ClN4O4S. The molecule has 0 unspecified atom stereocenters. The van der Waals surface area contributed by atoms with Crippen molar-refractivity contribution in [2.75, 3.05) is 5.32 Å². The lowest BCUT2D eigenvalue weighted by Crippen LogP contribution is -2.18. The molecule has 8 nitrogen and oxygen atoms in total. The van der Waals surface area contributed by atoms with E-state index >= 15 is 0 Å². The summed E-state index contributed by atoms with van der Waals surface area (Å²) in [5, 5.41) is 13.9. The van der Waals surface area contributed by atoms with Crippen LogP contribution in [-0.4, -0.2) is 20.6 Å². The molecule has 0 atom stereocenters. The highest BCUT2D eigenvalue weighted by Gasteiger charge is 2.15. The number of hydrogen-bond acceptors (Lipinski definition) is 6. The molecule has 0 aliphatic rings. The van der Waals surface area contributed by atoms with Gasteiger partial charge in [-0.25, -0.2) is 9.78 Å². The summed E-state index contributed by atoms with van der Waals surface area (Å²) in [6.45, 7) is 4.61. The van der Waals surface area contributed by atoms with E-state index in [-0.39, 0.29) is 5.69 Å². The number of benzene rings is 1. The largest absolute Gasteiger partial charge is 0.420 e. The molecule has 0 fully saturated rings. The van der Waals surface area contributed by atoms with Gasteiger partial charge in [0.2, 0.25) is 5.88 Å². The Morgan fingerprint density at radius 2 is 2.17 bits per heavy atom. The van der Waals surface area contributed by atoms with E-state index in [2.05, 4.69) is 24.1 Å². The first-order valence-corrected chi connectivity index (χ1v) is 10.5. The zero-order valence-corrected chi connectivity index (χ0v) is 18.1. The molecule has 0 radical (unpaired) electrons. The molecule has 3 aromatic rings. The minimum atomic E-state index is -0.685. The number of anilines is 1. The summed E-state index contributed by atoms with van der Waals surface area (Å²) in [5.74, 6) is 0.882. The van der Waals surface area contributed by atoms with Crippen molar-refractivity contribution in [1.82, 2.24) is 9.55 Å². The molecule has 3 rings (SSSR count). The Morgan fingerprint density at radius 1 is 1.37 bits per heavy atom. The number of thiazole rings is 1. The van der Waals surface area contributed by atoms with Crippen LogP contribution in [0.1, 0.15) is 31.4 Å². The minimum absolute atomic E-state index is 0.0144. The number of carbonyl (C=O) groups is 1. The van der Waals surface area contributed by atoms with E-state index in [0.717, 1.165) is 35.3 Å². The zero-order chi connectivity index (χ0) is 21.7.